The number of hydrogen-bond acceptors (Lipinski definition) is 3. The molecule has 0 aliphatic carbocycles. The minimum Gasteiger partial charge on any atom is -0.394 e. The van der Waals surface area contributed by atoms with Crippen LogP contribution < -0.4 is 5.32 Å². The zero-order valence-corrected chi connectivity index (χ0v) is 11.3. The van der Waals surface area contributed by atoms with E-state index in [-0.39, 0.29) is 25.9 Å². The van der Waals surface area contributed by atoms with Gasteiger partial charge < -0.3 is 15.2 Å². The van der Waals surface area contributed by atoms with Crippen molar-refractivity contribution in [3.63, 3.8) is 0 Å². The predicted octanol–water partition coefficient (Wildman–Crippen LogP) is 2.48. The Bertz CT molecular complexity index is 222. The highest BCUT2D eigenvalue weighted by Crippen LogP contribution is 2.19. The first-order valence-electron chi connectivity index (χ1n) is 6.21. The molecular weight excluding hydrogens is 247 g/mol. The van der Waals surface area contributed by atoms with E-state index in [4.69, 9.17) is 4.74 Å². The van der Waals surface area contributed by atoms with Crippen molar-refractivity contribution < 1.29 is 23.0 Å². The van der Waals surface area contributed by atoms with Gasteiger partial charge in [-0.2, -0.15) is 13.2 Å². The third-order valence-corrected chi connectivity index (χ3v) is 2.53. The van der Waals surface area contributed by atoms with Crippen molar-refractivity contribution in [2.45, 2.75) is 57.8 Å². The molecule has 0 aromatic carbocycles. The van der Waals surface area contributed by atoms with Crippen LogP contribution >= 0.6 is 0 Å². The molecule has 0 aliphatic rings. The van der Waals surface area contributed by atoms with Gasteiger partial charge in [0.1, 0.15) is 0 Å². The van der Waals surface area contributed by atoms with E-state index in [9.17, 15) is 18.3 Å². The fourth-order valence-electron chi connectivity index (χ4n) is 1.75. The van der Waals surface area contributed by atoms with E-state index in [1.807, 2.05) is 20.8 Å². The summed E-state index contributed by atoms with van der Waals surface area (Å²) in [4.78, 5) is 0. The standard InChI is InChI=1S/C12H24F3NO2/c1-10(2)16-11(3,9-17)5-4-7-18-8-6-12(13,14)15/h10,16-17H,4-9H2,1-3H3. The van der Waals surface area contributed by atoms with Crippen LogP contribution in [0.4, 0.5) is 13.2 Å². The van der Waals surface area contributed by atoms with Gasteiger partial charge in [-0.1, -0.05) is 13.8 Å². The van der Waals surface area contributed by atoms with Gasteiger partial charge in [-0.3, -0.25) is 0 Å². The maximum Gasteiger partial charge on any atom is 0.391 e. The van der Waals surface area contributed by atoms with Crippen molar-refractivity contribution in [3.05, 3.63) is 0 Å². The van der Waals surface area contributed by atoms with E-state index in [0.717, 1.165) is 0 Å². The van der Waals surface area contributed by atoms with Crippen molar-refractivity contribution in [1.29, 1.82) is 0 Å². The van der Waals surface area contributed by atoms with Crippen LogP contribution in [0, 0.1) is 0 Å². The van der Waals surface area contributed by atoms with Crippen LogP contribution in [0.25, 0.3) is 0 Å². The van der Waals surface area contributed by atoms with Crippen LogP contribution in [0.5, 0.6) is 0 Å². The zero-order chi connectivity index (χ0) is 14.2. The van der Waals surface area contributed by atoms with E-state index in [0.29, 0.717) is 12.8 Å². The van der Waals surface area contributed by atoms with Gasteiger partial charge in [-0.25, -0.2) is 0 Å². The van der Waals surface area contributed by atoms with Crippen LogP contribution in [-0.4, -0.2) is 42.7 Å². The van der Waals surface area contributed by atoms with E-state index in [2.05, 4.69) is 5.32 Å². The Morgan fingerprint density at radius 1 is 1.17 bits per heavy atom. The molecule has 0 aromatic rings. The van der Waals surface area contributed by atoms with Gasteiger partial charge >= 0.3 is 6.18 Å². The topological polar surface area (TPSA) is 41.5 Å². The second kappa shape index (κ2) is 7.96. The van der Waals surface area contributed by atoms with Gasteiger partial charge in [-0.05, 0) is 19.8 Å². The second-order valence-corrected chi connectivity index (χ2v) is 5.10. The smallest absolute Gasteiger partial charge is 0.391 e. The molecule has 0 spiro atoms. The second-order valence-electron chi connectivity index (χ2n) is 5.10. The van der Waals surface area contributed by atoms with E-state index in [1.165, 1.54) is 0 Å². The summed E-state index contributed by atoms with van der Waals surface area (Å²) in [5.41, 5.74) is -0.401. The summed E-state index contributed by atoms with van der Waals surface area (Å²) in [6.45, 7) is 5.83. The number of aliphatic hydroxyl groups excluding tert-OH is 1. The molecule has 0 fully saturated rings. The maximum atomic E-state index is 11.8. The molecule has 0 aliphatic heterocycles. The van der Waals surface area contributed by atoms with Crippen molar-refractivity contribution >= 4 is 0 Å². The Balaban J connectivity index is 3.69. The number of rotatable bonds is 9. The van der Waals surface area contributed by atoms with Crippen molar-refractivity contribution in [1.82, 2.24) is 5.32 Å². The Labute approximate surface area is 107 Å². The molecule has 18 heavy (non-hydrogen) atoms. The first-order chi connectivity index (χ1) is 8.18. The molecule has 0 heterocycles. The number of alkyl halides is 3. The normalized spacial score (nSPS) is 16.0. The third-order valence-electron chi connectivity index (χ3n) is 2.53. The average molecular weight is 271 g/mol. The average Bonchev–Trinajstić information content (AvgIpc) is 2.20. The van der Waals surface area contributed by atoms with Gasteiger partial charge in [0, 0.05) is 18.2 Å². The van der Waals surface area contributed by atoms with E-state index >= 15 is 0 Å². The van der Waals surface area contributed by atoms with Gasteiger partial charge in [-0.15, -0.1) is 0 Å². The van der Waals surface area contributed by atoms with Gasteiger partial charge in [0.05, 0.1) is 19.6 Å². The zero-order valence-electron chi connectivity index (χ0n) is 11.3. The quantitative estimate of drug-likeness (QED) is 0.633. The summed E-state index contributed by atoms with van der Waals surface area (Å²) in [5, 5.41) is 12.5. The monoisotopic (exact) mass is 271 g/mol. The lowest BCUT2D eigenvalue weighted by molar-refractivity contribution is -0.145. The van der Waals surface area contributed by atoms with Gasteiger partial charge in [0.15, 0.2) is 0 Å². The Morgan fingerprint density at radius 2 is 1.78 bits per heavy atom. The first kappa shape index (κ1) is 17.7. The molecule has 1 unspecified atom stereocenters. The summed E-state index contributed by atoms with van der Waals surface area (Å²) in [6, 6.07) is 0.244. The molecule has 0 aromatic heterocycles. The third kappa shape index (κ3) is 9.67. The first-order valence-corrected chi connectivity index (χ1v) is 6.21. The molecular formula is C12H24F3NO2. The van der Waals surface area contributed by atoms with E-state index < -0.39 is 18.1 Å². The highest BCUT2D eigenvalue weighted by molar-refractivity contribution is 4.83. The number of ether oxygens (including phenoxy) is 1. The maximum absolute atomic E-state index is 11.8. The van der Waals surface area contributed by atoms with Crippen molar-refractivity contribution in [2.24, 2.45) is 0 Å². The number of nitrogens with one attached hydrogen (secondary N) is 1. The van der Waals surface area contributed by atoms with Gasteiger partial charge in [0.25, 0.3) is 0 Å². The molecule has 6 heteroatoms. The Kier molecular flexibility index (Phi) is 7.82. The summed E-state index contributed by atoms with van der Waals surface area (Å²) in [5.74, 6) is 0. The molecule has 3 nitrogen and oxygen atoms in total. The highest BCUT2D eigenvalue weighted by atomic mass is 19.4. The molecule has 0 saturated heterocycles. The Hall–Kier alpha value is -0.330. The molecule has 0 radical (unpaired) electrons. The predicted molar refractivity (Wildman–Crippen MR) is 64.5 cm³/mol. The minimum atomic E-state index is -4.15. The SMILES string of the molecule is CC(C)NC(C)(CO)CCCOCCC(F)(F)F. The number of aliphatic hydroxyl groups is 1. The largest absolute Gasteiger partial charge is 0.394 e. The Morgan fingerprint density at radius 3 is 2.22 bits per heavy atom. The van der Waals surface area contributed by atoms with Crippen molar-refractivity contribution in [2.75, 3.05) is 19.8 Å². The number of halogens is 3. The lowest BCUT2D eigenvalue weighted by atomic mass is 9.96. The summed E-state index contributed by atoms with van der Waals surface area (Å²) < 4.78 is 40.4. The molecule has 0 bridgehead atoms. The molecule has 110 valence electrons. The molecule has 0 saturated carbocycles. The summed E-state index contributed by atoms with van der Waals surface area (Å²) in [7, 11) is 0. The fraction of sp³-hybridized carbons (Fsp3) is 1.00. The van der Waals surface area contributed by atoms with Crippen molar-refractivity contribution in [3.8, 4) is 0 Å². The van der Waals surface area contributed by atoms with Crippen LogP contribution in [0.3, 0.4) is 0 Å². The molecule has 0 rings (SSSR count). The van der Waals surface area contributed by atoms with E-state index in [1.54, 1.807) is 0 Å². The molecule has 0 amide bonds. The highest BCUT2D eigenvalue weighted by Gasteiger charge is 2.26. The summed E-state index contributed by atoms with van der Waals surface area (Å²) in [6.07, 6.45) is -3.78. The molecule has 1 atom stereocenters. The van der Waals surface area contributed by atoms with Crippen LogP contribution in [-0.2, 0) is 4.74 Å². The van der Waals surface area contributed by atoms with Crippen LogP contribution in [0.1, 0.15) is 40.0 Å². The fourth-order valence-corrected chi connectivity index (χ4v) is 1.75. The van der Waals surface area contributed by atoms with Crippen LogP contribution in [0.15, 0.2) is 0 Å². The number of hydrogen-bond donors (Lipinski definition) is 2. The summed E-state index contributed by atoms with van der Waals surface area (Å²) >= 11 is 0. The van der Waals surface area contributed by atoms with Gasteiger partial charge in [0.2, 0.25) is 0 Å². The van der Waals surface area contributed by atoms with Crippen LogP contribution in [0.2, 0.25) is 0 Å². The lowest BCUT2D eigenvalue weighted by Crippen LogP contribution is -2.49. The lowest BCUT2D eigenvalue weighted by Gasteiger charge is -2.31. The molecule has 2 N–H and O–H groups in total. The minimum absolute atomic E-state index is 0.00622.